The van der Waals surface area contributed by atoms with Crippen molar-refractivity contribution in [1.29, 1.82) is 0 Å². The molecule has 0 aromatic heterocycles. The fourth-order valence-electron chi connectivity index (χ4n) is 2.25. The Balaban J connectivity index is 1.89. The number of hydrogen-bond acceptors (Lipinski definition) is 3. The lowest BCUT2D eigenvalue weighted by Crippen LogP contribution is -2.47. The van der Waals surface area contributed by atoms with E-state index >= 15 is 0 Å². The van der Waals surface area contributed by atoms with Gasteiger partial charge in [-0.05, 0) is 23.8 Å². The van der Waals surface area contributed by atoms with E-state index in [0.29, 0.717) is 23.1 Å². The smallest absolute Gasteiger partial charge is 0.236 e. The molecular formula is C14H19Cl2N3O. The van der Waals surface area contributed by atoms with Gasteiger partial charge in [-0.1, -0.05) is 23.2 Å². The quantitative estimate of drug-likeness (QED) is 0.921. The number of hydrogen-bond donors (Lipinski definition) is 1. The number of carbonyl (C=O) groups is 1. The van der Waals surface area contributed by atoms with Crippen molar-refractivity contribution in [3.63, 3.8) is 0 Å². The minimum absolute atomic E-state index is 0.114. The molecule has 1 aliphatic heterocycles. The predicted octanol–water partition coefficient (Wildman–Crippen LogP) is 1.86. The molecule has 1 aliphatic rings. The fourth-order valence-corrected chi connectivity index (χ4v) is 2.82. The maximum absolute atomic E-state index is 12.2. The first kappa shape index (κ1) is 15.6. The molecule has 2 rings (SSSR count). The van der Waals surface area contributed by atoms with E-state index in [-0.39, 0.29) is 5.91 Å². The van der Waals surface area contributed by atoms with Gasteiger partial charge in [-0.2, -0.15) is 0 Å². The molecule has 1 heterocycles. The van der Waals surface area contributed by atoms with Crippen molar-refractivity contribution in [2.24, 2.45) is 0 Å². The third-order valence-corrected chi connectivity index (χ3v) is 3.77. The number of piperazine rings is 1. The van der Waals surface area contributed by atoms with Crippen molar-refractivity contribution < 1.29 is 4.79 Å². The number of likely N-dealkylation sites (N-methyl/N-ethyl adjacent to an activating group) is 1. The van der Waals surface area contributed by atoms with Crippen LogP contribution in [0.5, 0.6) is 0 Å². The molecule has 0 saturated carbocycles. The number of benzene rings is 1. The summed E-state index contributed by atoms with van der Waals surface area (Å²) in [7, 11) is 1.80. The molecule has 110 valence electrons. The summed E-state index contributed by atoms with van der Waals surface area (Å²) in [4.78, 5) is 16.1. The molecule has 1 N–H and O–H groups in total. The van der Waals surface area contributed by atoms with Crippen molar-refractivity contribution in [3.05, 3.63) is 33.8 Å². The molecule has 0 atom stereocenters. The Hall–Kier alpha value is -0.810. The molecular weight excluding hydrogens is 297 g/mol. The van der Waals surface area contributed by atoms with Crippen LogP contribution in [-0.2, 0) is 11.3 Å². The van der Waals surface area contributed by atoms with E-state index in [0.717, 1.165) is 31.7 Å². The summed E-state index contributed by atoms with van der Waals surface area (Å²) < 4.78 is 0. The van der Waals surface area contributed by atoms with E-state index in [1.54, 1.807) is 18.0 Å². The zero-order valence-corrected chi connectivity index (χ0v) is 13.0. The normalized spacial score (nSPS) is 16.1. The average Bonchev–Trinajstić information content (AvgIpc) is 2.38. The van der Waals surface area contributed by atoms with Gasteiger partial charge in [-0.25, -0.2) is 0 Å². The van der Waals surface area contributed by atoms with E-state index in [9.17, 15) is 4.79 Å². The van der Waals surface area contributed by atoms with Crippen LogP contribution in [-0.4, -0.2) is 55.5 Å². The van der Waals surface area contributed by atoms with Crippen molar-refractivity contribution >= 4 is 29.1 Å². The van der Waals surface area contributed by atoms with Gasteiger partial charge < -0.3 is 10.2 Å². The second-order valence-electron chi connectivity index (χ2n) is 5.05. The second kappa shape index (κ2) is 7.27. The number of amides is 1. The molecule has 0 bridgehead atoms. The molecule has 1 saturated heterocycles. The molecule has 0 radical (unpaired) electrons. The van der Waals surface area contributed by atoms with Crippen molar-refractivity contribution in [1.82, 2.24) is 15.1 Å². The second-order valence-corrected chi connectivity index (χ2v) is 5.93. The summed E-state index contributed by atoms with van der Waals surface area (Å²) in [6.07, 6.45) is 0. The van der Waals surface area contributed by atoms with E-state index in [1.807, 2.05) is 12.1 Å². The monoisotopic (exact) mass is 315 g/mol. The van der Waals surface area contributed by atoms with Gasteiger partial charge in [0.15, 0.2) is 0 Å². The summed E-state index contributed by atoms with van der Waals surface area (Å²) in [5, 5.41) is 4.46. The Morgan fingerprint density at radius 3 is 2.45 bits per heavy atom. The van der Waals surface area contributed by atoms with Gasteiger partial charge in [-0.15, -0.1) is 0 Å². The van der Waals surface area contributed by atoms with Crippen LogP contribution in [0.25, 0.3) is 0 Å². The van der Waals surface area contributed by atoms with E-state index in [4.69, 9.17) is 23.2 Å². The topological polar surface area (TPSA) is 35.6 Å². The van der Waals surface area contributed by atoms with Crippen LogP contribution in [0.1, 0.15) is 5.56 Å². The molecule has 1 amide bonds. The third kappa shape index (κ3) is 4.63. The Labute approximate surface area is 129 Å². The number of nitrogens with one attached hydrogen (secondary N) is 1. The van der Waals surface area contributed by atoms with E-state index in [1.165, 1.54) is 0 Å². The summed E-state index contributed by atoms with van der Waals surface area (Å²) in [5.74, 6) is 0.114. The van der Waals surface area contributed by atoms with Crippen LogP contribution in [0, 0.1) is 0 Å². The molecule has 1 fully saturated rings. The molecule has 0 unspecified atom stereocenters. The van der Waals surface area contributed by atoms with Gasteiger partial charge in [-0.3, -0.25) is 9.69 Å². The molecule has 0 aliphatic carbocycles. The standard InChI is InChI=1S/C14H19Cl2N3O/c1-18(9-11-6-12(15)8-13(16)7-11)14(20)10-19-4-2-17-3-5-19/h6-8,17H,2-5,9-10H2,1H3. The van der Waals surface area contributed by atoms with Crippen LogP contribution < -0.4 is 5.32 Å². The lowest BCUT2D eigenvalue weighted by Gasteiger charge is -2.28. The zero-order valence-electron chi connectivity index (χ0n) is 11.5. The Kier molecular flexibility index (Phi) is 5.66. The van der Waals surface area contributed by atoms with Crippen LogP contribution in [0.4, 0.5) is 0 Å². The first-order valence-corrected chi connectivity index (χ1v) is 7.42. The fraction of sp³-hybridized carbons (Fsp3) is 0.500. The molecule has 0 spiro atoms. The number of carbonyl (C=O) groups excluding carboxylic acids is 1. The van der Waals surface area contributed by atoms with Crippen molar-refractivity contribution in [3.8, 4) is 0 Å². The van der Waals surface area contributed by atoms with Crippen molar-refractivity contribution in [2.45, 2.75) is 6.54 Å². The lowest BCUT2D eigenvalue weighted by atomic mass is 10.2. The predicted molar refractivity (Wildman–Crippen MR) is 82.2 cm³/mol. The molecule has 6 heteroatoms. The third-order valence-electron chi connectivity index (χ3n) is 3.34. The van der Waals surface area contributed by atoms with Crippen LogP contribution in [0.3, 0.4) is 0 Å². The molecule has 1 aromatic rings. The Morgan fingerprint density at radius 2 is 1.85 bits per heavy atom. The average molecular weight is 316 g/mol. The highest BCUT2D eigenvalue weighted by atomic mass is 35.5. The van der Waals surface area contributed by atoms with Gasteiger partial charge in [0.2, 0.25) is 5.91 Å². The lowest BCUT2D eigenvalue weighted by molar-refractivity contribution is -0.131. The van der Waals surface area contributed by atoms with E-state index in [2.05, 4.69) is 10.2 Å². The molecule has 4 nitrogen and oxygen atoms in total. The highest BCUT2D eigenvalue weighted by Gasteiger charge is 2.16. The minimum Gasteiger partial charge on any atom is -0.340 e. The number of halogens is 2. The molecule has 1 aromatic carbocycles. The Morgan fingerprint density at radius 1 is 1.25 bits per heavy atom. The van der Waals surface area contributed by atoms with Gasteiger partial charge >= 0.3 is 0 Å². The first-order valence-electron chi connectivity index (χ1n) is 6.66. The number of nitrogens with zero attached hydrogens (tertiary/aromatic N) is 2. The maximum Gasteiger partial charge on any atom is 0.236 e. The van der Waals surface area contributed by atoms with Gasteiger partial charge in [0, 0.05) is 49.8 Å². The maximum atomic E-state index is 12.2. The molecule has 20 heavy (non-hydrogen) atoms. The number of rotatable bonds is 4. The van der Waals surface area contributed by atoms with Gasteiger partial charge in [0.05, 0.1) is 6.54 Å². The van der Waals surface area contributed by atoms with Crippen LogP contribution in [0.2, 0.25) is 10.0 Å². The SMILES string of the molecule is CN(Cc1cc(Cl)cc(Cl)c1)C(=O)CN1CCNCC1. The highest BCUT2D eigenvalue weighted by molar-refractivity contribution is 6.34. The Bertz CT molecular complexity index is 455. The minimum atomic E-state index is 0.114. The van der Waals surface area contributed by atoms with Crippen molar-refractivity contribution in [2.75, 3.05) is 39.8 Å². The summed E-state index contributed by atoms with van der Waals surface area (Å²) in [5.41, 5.74) is 0.943. The first-order chi connectivity index (χ1) is 9.54. The summed E-state index contributed by atoms with van der Waals surface area (Å²) in [6.45, 7) is 4.71. The van der Waals surface area contributed by atoms with Gasteiger partial charge in [0.1, 0.15) is 0 Å². The van der Waals surface area contributed by atoms with E-state index < -0.39 is 0 Å². The zero-order chi connectivity index (χ0) is 14.5. The van der Waals surface area contributed by atoms with Crippen LogP contribution in [0.15, 0.2) is 18.2 Å². The van der Waals surface area contributed by atoms with Crippen LogP contribution >= 0.6 is 23.2 Å². The summed E-state index contributed by atoms with van der Waals surface area (Å²) >= 11 is 11.9. The van der Waals surface area contributed by atoms with Gasteiger partial charge in [0.25, 0.3) is 0 Å². The largest absolute Gasteiger partial charge is 0.340 e. The summed E-state index contributed by atoms with van der Waals surface area (Å²) in [6, 6.07) is 5.36. The highest BCUT2D eigenvalue weighted by Crippen LogP contribution is 2.19.